The summed E-state index contributed by atoms with van der Waals surface area (Å²) in [5.41, 5.74) is 5.70. The van der Waals surface area contributed by atoms with Gasteiger partial charge < -0.3 is 9.47 Å². The average molecular weight is 525 g/mol. The molecule has 0 saturated carbocycles. The number of benzene rings is 6. The first-order valence-corrected chi connectivity index (χ1v) is 14.1. The van der Waals surface area contributed by atoms with E-state index in [0.29, 0.717) is 15.2 Å². The maximum Gasteiger partial charge on any atom is 0.128 e. The number of hydrogen-bond acceptors (Lipinski definition) is 2. The predicted molar refractivity (Wildman–Crippen MR) is 166 cm³/mol. The molecule has 6 rings (SSSR count). The van der Waals surface area contributed by atoms with Crippen LogP contribution < -0.4 is 20.1 Å². The predicted octanol–water partition coefficient (Wildman–Crippen LogP) is 8.39. The summed E-state index contributed by atoms with van der Waals surface area (Å²) in [6.45, 7) is 0.501. The van der Waals surface area contributed by atoms with E-state index in [-0.39, 0.29) is 0 Å². The minimum Gasteiger partial charge on any atom is -0.497 e. The van der Waals surface area contributed by atoms with Gasteiger partial charge in [0.25, 0.3) is 0 Å². The summed E-state index contributed by atoms with van der Waals surface area (Å²) in [6, 6.07) is 49.0. The molecule has 0 amide bonds. The quantitative estimate of drug-likeness (QED) is 0.186. The standard InChI is InChI=1S/C36H29O2P/c1-37-29-20-16-28-19-23-35(38-25-26-10-4-2-5-11-26)36(34(28)24-29)33-15-9-8-14-32(33)27-17-21-31(22-18-27)39-30-12-6-3-7-13-30/h2-24,39H,25H2,1H3. The zero-order chi connectivity index (χ0) is 26.4. The lowest BCUT2D eigenvalue weighted by atomic mass is 9.90. The number of hydrogen-bond donors (Lipinski definition) is 0. The van der Waals surface area contributed by atoms with Crippen molar-refractivity contribution >= 4 is 30.0 Å². The highest BCUT2D eigenvalue weighted by molar-refractivity contribution is 7.55. The summed E-state index contributed by atoms with van der Waals surface area (Å²) in [7, 11) is 2.35. The second-order valence-electron chi connectivity index (χ2n) is 9.41. The molecule has 6 aromatic carbocycles. The smallest absolute Gasteiger partial charge is 0.128 e. The monoisotopic (exact) mass is 524 g/mol. The van der Waals surface area contributed by atoms with Gasteiger partial charge in [-0.1, -0.05) is 130 Å². The molecule has 0 N–H and O–H groups in total. The molecule has 190 valence electrons. The molecule has 1 unspecified atom stereocenters. The van der Waals surface area contributed by atoms with Crippen molar-refractivity contribution in [2.75, 3.05) is 7.11 Å². The summed E-state index contributed by atoms with van der Waals surface area (Å²) < 4.78 is 12.1. The molecule has 1 atom stereocenters. The van der Waals surface area contributed by atoms with Gasteiger partial charge in [-0.05, 0) is 61.8 Å². The Morgan fingerprint density at radius 2 is 1.23 bits per heavy atom. The lowest BCUT2D eigenvalue weighted by Crippen LogP contribution is -2.02. The van der Waals surface area contributed by atoms with Gasteiger partial charge in [0.1, 0.15) is 18.1 Å². The van der Waals surface area contributed by atoms with Gasteiger partial charge in [0.05, 0.1) is 7.11 Å². The molecule has 0 heterocycles. The van der Waals surface area contributed by atoms with Gasteiger partial charge in [0, 0.05) is 5.56 Å². The molecular weight excluding hydrogens is 495 g/mol. The molecule has 39 heavy (non-hydrogen) atoms. The molecule has 6 aromatic rings. The molecule has 3 heteroatoms. The van der Waals surface area contributed by atoms with E-state index >= 15 is 0 Å². The molecule has 0 spiro atoms. The molecule has 0 aliphatic heterocycles. The van der Waals surface area contributed by atoms with Crippen LogP contribution in [0.4, 0.5) is 0 Å². The highest BCUT2D eigenvalue weighted by atomic mass is 31.1. The molecule has 0 bridgehead atoms. The van der Waals surface area contributed by atoms with Gasteiger partial charge in [0.15, 0.2) is 0 Å². The van der Waals surface area contributed by atoms with Crippen LogP contribution in [-0.4, -0.2) is 7.11 Å². The molecule has 2 nitrogen and oxygen atoms in total. The lowest BCUT2D eigenvalue weighted by molar-refractivity contribution is 0.308. The van der Waals surface area contributed by atoms with E-state index in [2.05, 4.69) is 115 Å². The topological polar surface area (TPSA) is 18.5 Å². The third kappa shape index (κ3) is 5.58. The second kappa shape index (κ2) is 11.6. The van der Waals surface area contributed by atoms with Crippen LogP contribution in [0.15, 0.2) is 140 Å². The van der Waals surface area contributed by atoms with Gasteiger partial charge in [-0.15, -0.1) is 0 Å². The molecule has 0 fully saturated rings. The van der Waals surface area contributed by atoms with E-state index < -0.39 is 0 Å². The third-order valence-corrected chi connectivity index (χ3v) is 8.13. The summed E-state index contributed by atoms with van der Waals surface area (Å²) in [5.74, 6) is 1.68. The van der Waals surface area contributed by atoms with E-state index in [1.807, 2.05) is 24.3 Å². The van der Waals surface area contributed by atoms with Crippen LogP contribution in [0.25, 0.3) is 33.0 Å². The average Bonchev–Trinajstić information content (AvgIpc) is 3.01. The zero-order valence-electron chi connectivity index (χ0n) is 21.8. The Balaban J connectivity index is 1.44. The van der Waals surface area contributed by atoms with E-state index in [1.54, 1.807) is 7.11 Å². The Morgan fingerprint density at radius 1 is 0.590 bits per heavy atom. The van der Waals surface area contributed by atoms with Gasteiger partial charge in [-0.25, -0.2) is 0 Å². The van der Waals surface area contributed by atoms with Gasteiger partial charge in [0.2, 0.25) is 0 Å². The summed E-state index contributed by atoms with van der Waals surface area (Å²) in [4.78, 5) is 0. The maximum atomic E-state index is 6.50. The molecule has 0 saturated heterocycles. The van der Waals surface area contributed by atoms with E-state index in [9.17, 15) is 0 Å². The van der Waals surface area contributed by atoms with Gasteiger partial charge >= 0.3 is 0 Å². The number of methoxy groups -OCH3 is 1. The van der Waals surface area contributed by atoms with E-state index in [1.165, 1.54) is 21.7 Å². The van der Waals surface area contributed by atoms with Crippen LogP contribution in [0.1, 0.15) is 5.56 Å². The van der Waals surface area contributed by atoms with Crippen molar-refractivity contribution in [1.29, 1.82) is 0 Å². The van der Waals surface area contributed by atoms with Gasteiger partial charge in [-0.2, -0.15) is 0 Å². The van der Waals surface area contributed by atoms with Crippen LogP contribution in [-0.2, 0) is 6.61 Å². The van der Waals surface area contributed by atoms with Crippen LogP contribution in [0.3, 0.4) is 0 Å². The highest BCUT2D eigenvalue weighted by Crippen LogP contribution is 2.43. The fraction of sp³-hybridized carbons (Fsp3) is 0.0556. The SMILES string of the molecule is COc1ccc2ccc(OCc3ccccc3)c(-c3ccccc3-c3ccc(Pc4ccccc4)cc3)c2c1. The minimum absolute atomic E-state index is 0.501. The normalized spacial score (nSPS) is 11.2. The summed E-state index contributed by atoms with van der Waals surface area (Å²) >= 11 is 0. The van der Waals surface area contributed by atoms with Crippen molar-refractivity contribution in [2.45, 2.75) is 6.61 Å². The second-order valence-corrected chi connectivity index (χ2v) is 10.8. The van der Waals surface area contributed by atoms with Crippen molar-refractivity contribution in [3.05, 3.63) is 145 Å². The van der Waals surface area contributed by atoms with Gasteiger partial charge in [-0.3, -0.25) is 0 Å². The van der Waals surface area contributed by atoms with Crippen LogP contribution in [0.5, 0.6) is 11.5 Å². The first kappa shape index (κ1) is 24.9. The van der Waals surface area contributed by atoms with Crippen molar-refractivity contribution in [3.8, 4) is 33.8 Å². The minimum atomic E-state index is 0.501. The number of ether oxygens (including phenoxy) is 2. The van der Waals surface area contributed by atoms with Crippen molar-refractivity contribution in [1.82, 2.24) is 0 Å². The Morgan fingerprint density at radius 3 is 1.97 bits per heavy atom. The maximum absolute atomic E-state index is 6.50. The Bertz CT molecular complexity index is 1690. The first-order valence-electron chi connectivity index (χ1n) is 13.1. The zero-order valence-corrected chi connectivity index (χ0v) is 22.8. The number of fused-ring (bicyclic) bond motifs is 1. The Hall–Kier alpha value is -4.39. The highest BCUT2D eigenvalue weighted by Gasteiger charge is 2.17. The number of rotatable bonds is 8. The molecule has 0 aliphatic rings. The van der Waals surface area contributed by atoms with Crippen molar-refractivity contribution in [2.24, 2.45) is 0 Å². The Kier molecular flexibility index (Phi) is 7.38. The molecule has 0 aliphatic carbocycles. The summed E-state index contributed by atoms with van der Waals surface area (Å²) in [5, 5.41) is 4.92. The van der Waals surface area contributed by atoms with Crippen LogP contribution >= 0.6 is 8.58 Å². The van der Waals surface area contributed by atoms with E-state index in [0.717, 1.165) is 39.0 Å². The van der Waals surface area contributed by atoms with Crippen molar-refractivity contribution in [3.63, 3.8) is 0 Å². The van der Waals surface area contributed by atoms with Crippen molar-refractivity contribution < 1.29 is 9.47 Å². The largest absolute Gasteiger partial charge is 0.497 e. The fourth-order valence-electron chi connectivity index (χ4n) is 4.91. The van der Waals surface area contributed by atoms with Crippen LogP contribution in [0.2, 0.25) is 0 Å². The lowest BCUT2D eigenvalue weighted by Gasteiger charge is -2.18. The summed E-state index contributed by atoms with van der Waals surface area (Å²) in [6.07, 6.45) is 0. The molecule has 0 radical (unpaired) electrons. The third-order valence-electron chi connectivity index (χ3n) is 6.88. The molecule has 0 aromatic heterocycles. The first-order chi connectivity index (χ1) is 19.3. The Labute approximate surface area is 231 Å². The van der Waals surface area contributed by atoms with E-state index in [4.69, 9.17) is 9.47 Å². The molecular formula is C36H29O2P. The fourth-order valence-corrected chi connectivity index (χ4v) is 5.94. The van der Waals surface area contributed by atoms with Crippen LogP contribution in [0, 0.1) is 0 Å².